The monoisotopic (exact) mass is 429 g/mol. The molecule has 2 heterocycles. The molecule has 5 rings (SSSR count). The highest BCUT2D eigenvalue weighted by molar-refractivity contribution is 6.12. The van der Waals surface area contributed by atoms with Gasteiger partial charge in [-0.25, -0.2) is 10.4 Å². The zero-order valence-corrected chi connectivity index (χ0v) is 18.2. The molecule has 1 fully saturated rings. The van der Waals surface area contributed by atoms with E-state index >= 15 is 0 Å². The van der Waals surface area contributed by atoms with Crippen molar-refractivity contribution >= 4 is 18.1 Å². The third kappa shape index (κ3) is 3.94. The number of fused-ring (bicyclic) bond motifs is 1. The fourth-order valence-electron chi connectivity index (χ4n) is 4.74. The van der Waals surface area contributed by atoms with Crippen LogP contribution in [0.4, 0.5) is 0 Å². The first-order chi connectivity index (χ1) is 15.8. The molecule has 0 saturated heterocycles. The fourth-order valence-corrected chi connectivity index (χ4v) is 4.74. The maximum Gasteiger partial charge on any atom is 0.155 e. The molecule has 32 heavy (non-hydrogen) atoms. The minimum atomic E-state index is 0.432. The Morgan fingerprint density at radius 3 is 2.56 bits per heavy atom. The number of hydrogen-bond acceptors (Lipinski definition) is 6. The highest BCUT2D eigenvalue weighted by atomic mass is 16.5. The zero-order chi connectivity index (χ0) is 21.9. The maximum atomic E-state index is 11.5. The fraction of sp³-hybridized carbons (Fsp3) is 0.308. The molecule has 0 amide bonds. The van der Waals surface area contributed by atoms with Crippen LogP contribution in [0.2, 0.25) is 0 Å². The van der Waals surface area contributed by atoms with Gasteiger partial charge < -0.3 is 9.47 Å². The smallest absolute Gasteiger partial charge is 0.155 e. The van der Waals surface area contributed by atoms with Gasteiger partial charge in [-0.1, -0.05) is 37.5 Å². The summed E-state index contributed by atoms with van der Waals surface area (Å²) in [6, 6.07) is 15.7. The largest absolute Gasteiger partial charge is 0.497 e. The minimum Gasteiger partial charge on any atom is -0.497 e. The van der Waals surface area contributed by atoms with Crippen LogP contribution in [0.5, 0.6) is 17.2 Å². The molecule has 0 aromatic heterocycles. The topological polar surface area (TPSA) is 63.2 Å². The number of nitrogens with zero attached hydrogens (tertiary/aromatic N) is 2. The van der Waals surface area contributed by atoms with Crippen molar-refractivity contribution < 1.29 is 14.3 Å². The molecular formula is C26H27N3O3. The van der Waals surface area contributed by atoms with Gasteiger partial charge in [0, 0.05) is 36.0 Å². The number of aliphatic imine (C=N–C) groups is 1. The summed E-state index contributed by atoms with van der Waals surface area (Å²) < 4.78 is 11.4. The van der Waals surface area contributed by atoms with E-state index in [-0.39, 0.29) is 0 Å². The molecule has 3 aliphatic rings. The molecule has 0 unspecified atom stereocenters. The number of nitrogens with one attached hydrogen (secondary N) is 1. The summed E-state index contributed by atoms with van der Waals surface area (Å²) in [6.45, 7) is 0.513. The van der Waals surface area contributed by atoms with Crippen molar-refractivity contribution in [1.82, 2.24) is 10.4 Å². The number of aldehydes is 1. The second-order valence-electron chi connectivity index (χ2n) is 8.34. The Balaban J connectivity index is 1.52. The molecule has 0 radical (unpaired) electrons. The Kier molecular flexibility index (Phi) is 5.77. The highest BCUT2D eigenvalue weighted by Crippen LogP contribution is 2.40. The Morgan fingerprint density at radius 2 is 1.78 bits per heavy atom. The van der Waals surface area contributed by atoms with Crippen molar-refractivity contribution in [2.45, 2.75) is 32.1 Å². The number of hydrogen-bond donors (Lipinski definition) is 1. The van der Waals surface area contributed by atoms with Crippen LogP contribution in [-0.2, 0) is 4.79 Å². The Morgan fingerprint density at radius 1 is 1.03 bits per heavy atom. The van der Waals surface area contributed by atoms with E-state index in [0.717, 1.165) is 53.3 Å². The summed E-state index contributed by atoms with van der Waals surface area (Å²) in [5.41, 5.74) is 7.43. The molecule has 0 spiro atoms. The van der Waals surface area contributed by atoms with Gasteiger partial charge in [-0.3, -0.25) is 9.80 Å². The lowest BCUT2D eigenvalue weighted by Crippen LogP contribution is -2.37. The van der Waals surface area contributed by atoms with Crippen molar-refractivity contribution in [3.05, 3.63) is 71.2 Å². The first-order valence-corrected chi connectivity index (χ1v) is 11.2. The number of hydrazine groups is 1. The summed E-state index contributed by atoms with van der Waals surface area (Å²) >= 11 is 0. The number of benzene rings is 2. The molecule has 2 aromatic carbocycles. The van der Waals surface area contributed by atoms with E-state index < -0.39 is 0 Å². The van der Waals surface area contributed by atoms with Gasteiger partial charge in [-0.2, -0.15) is 0 Å². The molecule has 1 aliphatic carbocycles. The zero-order valence-electron chi connectivity index (χ0n) is 18.2. The van der Waals surface area contributed by atoms with Crippen LogP contribution < -0.4 is 14.9 Å². The van der Waals surface area contributed by atoms with E-state index in [9.17, 15) is 4.79 Å². The number of rotatable bonds is 6. The summed E-state index contributed by atoms with van der Waals surface area (Å²) in [5, 5.41) is 2.05. The van der Waals surface area contributed by atoms with E-state index in [0.29, 0.717) is 18.0 Å². The number of carbonyl (C=O) groups excluding carboxylic acids is 1. The number of ether oxygens (including phenoxy) is 2. The van der Waals surface area contributed by atoms with Crippen LogP contribution in [0.3, 0.4) is 0 Å². The average Bonchev–Trinajstić information content (AvgIpc) is 3.27. The van der Waals surface area contributed by atoms with Crippen LogP contribution in [-0.4, -0.2) is 31.2 Å². The van der Waals surface area contributed by atoms with Gasteiger partial charge in [-0.15, -0.1) is 0 Å². The lowest BCUT2D eigenvalue weighted by atomic mass is 9.83. The third-order valence-corrected chi connectivity index (χ3v) is 6.32. The van der Waals surface area contributed by atoms with Crippen LogP contribution in [0.25, 0.3) is 5.57 Å². The van der Waals surface area contributed by atoms with Crippen molar-refractivity contribution in [2.24, 2.45) is 10.9 Å². The van der Waals surface area contributed by atoms with E-state index in [2.05, 4.69) is 22.6 Å². The van der Waals surface area contributed by atoms with Crippen molar-refractivity contribution in [3.63, 3.8) is 0 Å². The van der Waals surface area contributed by atoms with Crippen molar-refractivity contribution in [2.75, 3.05) is 13.7 Å². The summed E-state index contributed by atoms with van der Waals surface area (Å²) in [4.78, 5) is 16.2. The lowest BCUT2D eigenvalue weighted by Gasteiger charge is -2.35. The van der Waals surface area contributed by atoms with E-state index in [1.807, 2.05) is 47.6 Å². The Hall–Kier alpha value is -3.38. The molecule has 1 saturated carbocycles. The van der Waals surface area contributed by atoms with Crippen LogP contribution in [0.15, 0.2) is 70.6 Å². The first kappa shape index (κ1) is 20.5. The third-order valence-electron chi connectivity index (χ3n) is 6.32. The van der Waals surface area contributed by atoms with Gasteiger partial charge in [0.05, 0.1) is 12.7 Å². The molecule has 164 valence electrons. The van der Waals surface area contributed by atoms with Crippen LogP contribution in [0, 0.1) is 5.92 Å². The molecule has 6 nitrogen and oxygen atoms in total. The van der Waals surface area contributed by atoms with Gasteiger partial charge in [0.25, 0.3) is 0 Å². The summed E-state index contributed by atoms with van der Waals surface area (Å²) in [6.07, 6.45) is 8.86. The predicted octanol–water partition coefficient (Wildman–Crippen LogP) is 5.09. The van der Waals surface area contributed by atoms with Crippen LogP contribution >= 0.6 is 0 Å². The van der Waals surface area contributed by atoms with Gasteiger partial charge in [0.2, 0.25) is 0 Å². The summed E-state index contributed by atoms with van der Waals surface area (Å²) in [5.74, 6) is 3.40. The average molecular weight is 430 g/mol. The van der Waals surface area contributed by atoms with E-state index in [4.69, 9.17) is 9.47 Å². The lowest BCUT2D eigenvalue weighted by molar-refractivity contribution is -0.104. The second-order valence-corrected chi connectivity index (χ2v) is 8.34. The van der Waals surface area contributed by atoms with Gasteiger partial charge >= 0.3 is 0 Å². The standard InChI is InChI=1S/C26H27N3O3/c1-31-21-10-6-12-23(14-21)32-22-11-5-9-19(13-22)24-16-27-26-20(17-30)15-28-29(26)25(24)18-7-3-2-4-8-18/h5-6,9-14,16-18,28H,2-4,7-8,15H2,1H3. The van der Waals surface area contributed by atoms with Gasteiger partial charge in [0.1, 0.15) is 17.2 Å². The maximum absolute atomic E-state index is 11.5. The number of carbonyl (C=O) groups is 1. The SMILES string of the molecule is COc1cccc(Oc2cccc(C3=C(C4CCCCC4)N4NCC(C=O)=C4N=C3)c2)c1. The molecular weight excluding hydrogens is 402 g/mol. The Bertz CT molecular complexity index is 1110. The van der Waals surface area contributed by atoms with E-state index in [1.165, 1.54) is 25.0 Å². The quantitative estimate of drug-likeness (QED) is 0.648. The molecule has 0 atom stereocenters. The predicted molar refractivity (Wildman–Crippen MR) is 124 cm³/mol. The first-order valence-electron chi connectivity index (χ1n) is 11.2. The van der Waals surface area contributed by atoms with E-state index in [1.54, 1.807) is 7.11 Å². The molecule has 6 heteroatoms. The molecule has 0 bridgehead atoms. The molecule has 1 N–H and O–H groups in total. The normalized spacial score (nSPS) is 18.7. The molecule has 2 aliphatic heterocycles. The van der Waals surface area contributed by atoms with Gasteiger partial charge in [0.15, 0.2) is 12.1 Å². The number of methoxy groups -OCH3 is 1. The Labute approximate surface area is 188 Å². The highest BCUT2D eigenvalue weighted by Gasteiger charge is 2.34. The summed E-state index contributed by atoms with van der Waals surface area (Å²) in [7, 11) is 1.65. The van der Waals surface area contributed by atoms with Gasteiger partial charge in [-0.05, 0) is 42.7 Å². The molecule has 2 aromatic rings. The van der Waals surface area contributed by atoms with Crippen LogP contribution in [0.1, 0.15) is 37.7 Å². The van der Waals surface area contributed by atoms with Crippen molar-refractivity contribution in [1.29, 1.82) is 0 Å². The second kappa shape index (κ2) is 9.01. The minimum absolute atomic E-state index is 0.432. The number of allylic oxidation sites excluding steroid dienone is 2. The van der Waals surface area contributed by atoms with Crippen molar-refractivity contribution in [3.8, 4) is 17.2 Å².